The molecule has 0 saturated heterocycles. The summed E-state index contributed by atoms with van der Waals surface area (Å²) in [6.45, 7) is 22.9. The third kappa shape index (κ3) is 6.32. The summed E-state index contributed by atoms with van der Waals surface area (Å²) < 4.78 is 0. The van der Waals surface area contributed by atoms with Crippen molar-refractivity contribution in [2.75, 3.05) is 6.54 Å². The number of fused-ring (bicyclic) bond motifs is 7. The van der Waals surface area contributed by atoms with Gasteiger partial charge in [0, 0.05) is 13.0 Å². The molecular weight excluding hydrogens is 612 g/mol. The Morgan fingerprint density at radius 1 is 0.796 bits per heavy atom. The molecule has 5 rings (SSSR count). The van der Waals surface area contributed by atoms with Gasteiger partial charge in [0.1, 0.15) is 5.54 Å². The number of allylic oxidation sites excluding steroid dienone is 1. The van der Waals surface area contributed by atoms with Crippen molar-refractivity contribution in [1.82, 2.24) is 10.6 Å². The van der Waals surface area contributed by atoms with Gasteiger partial charge in [0.2, 0.25) is 11.8 Å². The summed E-state index contributed by atoms with van der Waals surface area (Å²) in [5, 5.41) is 26.3. The standard InChI is InChI=1S/C42H70N2O5/c1-27(2)28-18-23-42(35(47)43-26-14-12-10-11-13-15-33(46)44-38(5,6)36(48)49)25-24-40(8)29(34(28)42)16-17-31-39(7)21-20-32(45)37(3,4)30(39)19-22-41(31,40)9/h28-32,34,45H,1,10-26H2,2-9H3,(H,43,47)(H,44,46)(H,48,49)/t28-,29+,30-,31?,32-,34+,39-,40+,41+,42-/m0/s1. The van der Waals surface area contributed by atoms with Gasteiger partial charge >= 0.3 is 5.97 Å². The van der Waals surface area contributed by atoms with E-state index in [0.717, 1.165) is 70.6 Å². The fourth-order valence-electron chi connectivity index (χ4n) is 13.3. The Hall–Kier alpha value is -1.89. The second-order valence-corrected chi connectivity index (χ2v) is 19.5. The number of carboxylic acid groups (broad SMARTS) is 1. The molecular formula is C42H70N2O5. The lowest BCUT2D eigenvalue weighted by Gasteiger charge is -2.72. The van der Waals surface area contributed by atoms with Crippen LogP contribution in [0.3, 0.4) is 0 Å². The van der Waals surface area contributed by atoms with Crippen LogP contribution in [0.2, 0.25) is 0 Å². The number of nitrogens with one attached hydrogen (secondary N) is 2. The minimum atomic E-state index is -1.25. The fraction of sp³-hybridized carbons (Fsp3) is 0.881. The molecule has 0 aromatic rings. The van der Waals surface area contributed by atoms with E-state index in [1.807, 2.05) is 0 Å². The number of aliphatic hydroxyl groups excluding tert-OH is 1. The van der Waals surface area contributed by atoms with Crippen LogP contribution in [-0.4, -0.2) is 46.2 Å². The highest BCUT2D eigenvalue weighted by molar-refractivity contribution is 5.86. The largest absolute Gasteiger partial charge is 0.480 e. The van der Waals surface area contributed by atoms with Crippen LogP contribution in [0.15, 0.2) is 12.2 Å². The minimum Gasteiger partial charge on any atom is -0.480 e. The van der Waals surface area contributed by atoms with Gasteiger partial charge in [0.05, 0.1) is 11.5 Å². The van der Waals surface area contributed by atoms with E-state index >= 15 is 0 Å². The molecule has 4 N–H and O–H groups in total. The first-order valence-electron chi connectivity index (χ1n) is 19.9. The number of aliphatic carboxylic acids is 1. The summed E-state index contributed by atoms with van der Waals surface area (Å²) in [7, 11) is 0. The van der Waals surface area contributed by atoms with E-state index in [0.29, 0.717) is 42.6 Å². The summed E-state index contributed by atoms with van der Waals surface area (Å²) in [6.07, 6.45) is 15.8. The molecule has 1 unspecified atom stereocenters. The van der Waals surface area contributed by atoms with Gasteiger partial charge in [0.15, 0.2) is 0 Å². The molecule has 10 atom stereocenters. The molecule has 5 aliphatic carbocycles. The van der Waals surface area contributed by atoms with Crippen molar-refractivity contribution in [3.8, 4) is 0 Å². The maximum Gasteiger partial charge on any atom is 0.328 e. The Labute approximate surface area is 297 Å². The van der Waals surface area contributed by atoms with Crippen LogP contribution in [0.4, 0.5) is 0 Å². The Balaban J connectivity index is 1.21. The predicted molar refractivity (Wildman–Crippen MR) is 196 cm³/mol. The summed E-state index contributed by atoms with van der Waals surface area (Å²) in [5.41, 5.74) is 0.347. The molecule has 49 heavy (non-hydrogen) atoms. The number of amides is 2. The van der Waals surface area contributed by atoms with Gasteiger partial charge in [-0.15, -0.1) is 0 Å². The molecule has 0 aliphatic heterocycles. The van der Waals surface area contributed by atoms with E-state index in [4.69, 9.17) is 0 Å². The van der Waals surface area contributed by atoms with Crippen LogP contribution >= 0.6 is 0 Å². The lowest BCUT2D eigenvalue weighted by atomic mass is 9.32. The summed E-state index contributed by atoms with van der Waals surface area (Å²) >= 11 is 0. The Morgan fingerprint density at radius 3 is 2.14 bits per heavy atom. The highest BCUT2D eigenvalue weighted by Gasteiger charge is 2.71. The molecule has 0 bridgehead atoms. The molecule has 0 aromatic heterocycles. The number of aliphatic hydroxyl groups is 1. The van der Waals surface area contributed by atoms with Crippen molar-refractivity contribution < 1.29 is 24.6 Å². The molecule has 7 heteroatoms. The SMILES string of the molecule is C=C(C)[C@@H]1CC[C@]2(C(=O)NCCCCCCCC(=O)NC(C)(C)C(=O)O)CC[C@]3(C)[C@H](CCC4[C@@]5(C)CC[C@H](O)C(C)(C)[C@@H]5CC[C@]43C)[C@@H]12. The Bertz CT molecular complexity index is 1290. The number of rotatable bonds is 12. The molecule has 2 amide bonds. The lowest BCUT2D eigenvalue weighted by molar-refractivity contribution is -0.246. The number of carbonyl (C=O) groups is 3. The monoisotopic (exact) mass is 683 g/mol. The lowest BCUT2D eigenvalue weighted by Crippen LogP contribution is -2.67. The molecule has 0 spiro atoms. The van der Waals surface area contributed by atoms with Crippen molar-refractivity contribution in [3.63, 3.8) is 0 Å². The molecule has 5 saturated carbocycles. The maximum atomic E-state index is 14.4. The van der Waals surface area contributed by atoms with Gasteiger partial charge in [-0.25, -0.2) is 4.79 Å². The number of unbranched alkanes of at least 4 members (excludes halogenated alkanes) is 4. The van der Waals surface area contributed by atoms with E-state index in [2.05, 4.69) is 58.8 Å². The smallest absolute Gasteiger partial charge is 0.328 e. The Kier molecular flexibility index (Phi) is 10.6. The van der Waals surface area contributed by atoms with E-state index in [1.165, 1.54) is 45.1 Å². The van der Waals surface area contributed by atoms with Crippen LogP contribution in [0.1, 0.15) is 158 Å². The first kappa shape index (κ1) is 38.3. The zero-order valence-electron chi connectivity index (χ0n) is 32.3. The van der Waals surface area contributed by atoms with Crippen molar-refractivity contribution >= 4 is 17.8 Å². The molecule has 0 heterocycles. The van der Waals surface area contributed by atoms with E-state index in [-0.39, 0.29) is 45.0 Å². The topological polar surface area (TPSA) is 116 Å². The molecule has 0 aromatic carbocycles. The second kappa shape index (κ2) is 13.6. The van der Waals surface area contributed by atoms with Crippen LogP contribution in [-0.2, 0) is 14.4 Å². The second-order valence-electron chi connectivity index (χ2n) is 19.5. The van der Waals surface area contributed by atoms with Crippen molar-refractivity contribution in [2.24, 2.45) is 56.7 Å². The van der Waals surface area contributed by atoms with Crippen molar-refractivity contribution in [3.05, 3.63) is 12.2 Å². The number of hydrogen-bond acceptors (Lipinski definition) is 4. The number of carbonyl (C=O) groups excluding carboxylic acids is 2. The van der Waals surface area contributed by atoms with E-state index in [9.17, 15) is 24.6 Å². The van der Waals surface area contributed by atoms with Gasteiger partial charge in [-0.05, 0) is 149 Å². The summed E-state index contributed by atoms with van der Waals surface area (Å²) in [4.78, 5) is 37.8. The van der Waals surface area contributed by atoms with E-state index in [1.54, 1.807) is 0 Å². The van der Waals surface area contributed by atoms with Crippen LogP contribution in [0, 0.1) is 56.7 Å². The number of carboxylic acids is 1. The van der Waals surface area contributed by atoms with Gasteiger partial charge in [-0.1, -0.05) is 66.0 Å². The van der Waals surface area contributed by atoms with Crippen LogP contribution in [0.5, 0.6) is 0 Å². The minimum absolute atomic E-state index is 0.0420. The van der Waals surface area contributed by atoms with Gasteiger partial charge in [-0.2, -0.15) is 0 Å². The highest BCUT2D eigenvalue weighted by Crippen LogP contribution is 2.77. The molecule has 7 nitrogen and oxygen atoms in total. The maximum absolute atomic E-state index is 14.4. The fourth-order valence-corrected chi connectivity index (χ4v) is 13.3. The first-order valence-corrected chi connectivity index (χ1v) is 19.9. The molecule has 5 fully saturated rings. The summed E-state index contributed by atoms with van der Waals surface area (Å²) in [6, 6.07) is 0. The van der Waals surface area contributed by atoms with Gasteiger partial charge < -0.3 is 20.8 Å². The number of hydrogen-bond donors (Lipinski definition) is 4. The van der Waals surface area contributed by atoms with Crippen LogP contribution < -0.4 is 10.6 Å². The predicted octanol–water partition coefficient (Wildman–Crippen LogP) is 8.44. The molecule has 0 radical (unpaired) electrons. The summed E-state index contributed by atoms with van der Waals surface area (Å²) in [5.74, 6) is 1.53. The normalized spacial score (nSPS) is 41.0. The average Bonchev–Trinajstić information content (AvgIpc) is 3.42. The van der Waals surface area contributed by atoms with Crippen LogP contribution in [0.25, 0.3) is 0 Å². The quantitative estimate of drug-likeness (QED) is 0.122. The first-order chi connectivity index (χ1) is 22.8. The zero-order chi connectivity index (χ0) is 36.2. The van der Waals surface area contributed by atoms with Gasteiger partial charge in [0.25, 0.3) is 0 Å². The van der Waals surface area contributed by atoms with Crippen molar-refractivity contribution in [2.45, 2.75) is 170 Å². The van der Waals surface area contributed by atoms with E-state index < -0.39 is 11.5 Å². The average molecular weight is 683 g/mol. The third-order valence-electron chi connectivity index (χ3n) is 16.4. The Morgan fingerprint density at radius 2 is 1.47 bits per heavy atom. The van der Waals surface area contributed by atoms with Crippen molar-refractivity contribution in [1.29, 1.82) is 0 Å². The molecule has 5 aliphatic rings. The third-order valence-corrected chi connectivity index (χ3v) is 16.4. The zero-order valence-corrected chi connectivity index (χ0v) is 32.3. The highest BCUT2D eigenvalue weighted by atomic mass is 16.4. The molecule has 278 valence electrons. The van der Waals surface area contributed by atoms with Gasteiger partial charge in [-0.3, -0.25) is 9.59 Å².